The first kappa shape index (κ1) is 23.8. The standard InChI is InChI=1S/C16H23ClF3N3OS.HI/c1-2-21-15(22-9-12(24)13-6-7-14(17)25-13)23-11-5-3-4-10(8-11)16(18,19)20;/h6-7,10-12,24H,2-5,8-9H2,1H3,(H2,21,22,23);1H. The summed E-state index contributed by atoms with van der Waals surface area (Å²) in [4.78, 5) is 5.01. The Morgan fingerprint density at radius 2 is 2.15 bits per heavy atom. The Labute approximate surface area is 177 Å². The lowest BCUT2D eigenvalue weighted by atomic mass is 9.85. The van der Waals surface area contributed by atoms with E-state index in [4.69, 9.17) is 11.6 Å². The van der Waals surface area contributed by atoms with Gasteiger partial charge in [-0.05, 0) is 38.3 Å². The molecule has 0 aliphatic heterocycles. The number of thiophene rings is 1. The lowest BCUT2D eigenvalue weighted by Gasteiger charge is -2.32. The Balaban J connectivity index is 0.00000338. The van der Waals surface area contributed by atoms with Gasteiger partial charge in [0.15, 0.2) is 5.96 Å². The van der Waals surface area contributed by atoms with Crippen LogP contribution in [0.3, 0.4) is 0 Å². The predicted molar refractivity (Wildman–Crippen MR) is 111 cm³/mol. The second-order valence-corrected chi connectivity index (χ2v) is 7.87. The summed E-state index contributed by atoms with van der Waals surface area (Å²) >= 11 is 7.13. The summed E-state index contributed by atoms with van der Waals surface area (Å²) in [7, 11) is 0. The number of nitrogens with one attached hydrogen (secondary N) is 2. The molecule has 0 aromatic carbocycles. The van der Waals surface area contributed by atoms with Crippen LogP contribution in [0.15, 0.2) is 17.1 Å². The molecule has 10 heteroatoms. The quantitative estimate of drug-likeness (QED) is 0.296. The zero-order valence-corrected chi connectivity index (χ0v) is 18.3. The zero-order chi connectivity index (χ0) is 18.4. The minimum absolute atomic E-state index is 0. The van der Waals surface area contributed by atoms with Crippen molar-refractivity contribution in [1.29, 1.82) is 0 Å². The minimum Gasteiger partial charge on any atom is -0.386 e. The van der Waals surface area contributed by atoms with Crippen LogP contribution in [-0.4, -0.2) is 36.4 Å². The molecule has 1 aliphatic carbocycles. The van der Waals surface area contributed by atoms with E-state index in [9.17, 15) is 18.3 Å². The summed E-state index contributed by atoms with van der Waals surface area (Å²) < 4.78 is 39.4. The highest BCUT2D eigenvalue weighted by molar-refractivity contribution is 14.0. The van der Waals surface area contributed by atoms with Crippen LogP contribution in [0, 0.1) is 5.92 Å². The number of guanidine groups is 1. The van der Waals surface area contributed by atoms with E-state index < -0.39 is 18.2 Å². The predicted octanol–water partition coefficient (Wildman–Crippen LogP) is 4.73. The fourth-order valence-corrected chi connectivity index (χ4v) is 3.94. The number of halogens is 5. The highest BCUT2D eigenvalue weighted by Gasteiger charge is 2.42. The highest BCUT2D eigenvalue weighted by atomic mass is 127. The molecule has 2 rings (SSSR count). The van der Waals surface area contributed by atoms with E-state index in [-0.39, 0.29) is 49.4 Å². The first-order valence-corrected chi connectivity index (χ1v) is 9.54. The zero-order valence-electron chi connectivity index (χ0n) is 14.4. The minimum atomic E-state index is -4.15. The molecule has 1 saturated carbocycles. The van der Waals surface area contributed by atoms with Crippen molar-refractivity contribution in [2.75, 3.05) is 13.1 Å². The van der Waals surface area contributed by atoms with E-state index in [2.05, 4.69) is 15.6 Å². The van der Waals surface area contributed by atoms with E-state index in [1.54, 1.807) is 12.1 Å². The number of alkyl halides is 3. The van der Waals surface area contributed by atoms with E-state index in [0.717, 1.165) is 0 Å². The van der Waals surface area contributed by atoms with Crippen molar-refractivity contribution in [3.8, 4) is 0 Å². The van der Waals surface area contributed by atoms with Crippen molar-refractivity contribution in [3.05, 3.63) is 21.3 Å². The molecule has 4 nitrogen and oxygen atoms in total. The Kier molecular flexibility index (Phi) is 9.98. The van der Waals surface area contributed by atoms with Crippen molar-refractivity contribution in [2.45, 2.75) is 50.9 Å². The number of aliphatic hydroxyl groups is 1. The van der Waals surface area contributed by atoms with Crippen molar-refractivity contribution in [2.24, 2.45) is 10.9 Å². The molecule has 0 spiro atoms. The third kappa shape index (κ3) is 7.40. The topological polar surface area (TPSA) is 56.7 Å². The van der Waals surface area contributed by atoms with Crippen LogP contribution < -0.4 is 10.6 Å². The number of rotatable bonds is 5. The van der Waals surface area contributed by atoms with Gasteiger partial charge in [0, 0.05) is 17.5 Å². The fourth-order valence-electron chi connectivity index (χ4n) is 2.91. The number of nitrogens with zero attached hydrogens (tertiary/aromatic N) is 1. The molecule has 3 atom stereocenters. The van der Waals surface area contributed by atoms with E-state index >= 15 is 0 Å². The van der Waals surface area contributed by atoms with Gasteiger partial charge in [-0.3, -0.25) is 4.99 Å². The van der Waals surface area contributed by atoms with Crippen molar-refractivity contribution < 1.29 is 18.3 Å². The lowest BCUT2D eigenvalue weighted by molar-refractivity contribution is -0.183. The molecule has 1 aliphatic rings. The molecule has 1 aromatic heterocycles. The average molecular weight is 526 g/mol. The van der Waals surface area contributed by atoms with Gasteiger partial charge >= 0.3 is 6.18 Å². The molecule has 1 aromatic rings. The average Bonchev–Trinajstić information content (AvgIpc) is 2.98. The molecule has 3 unspecified atom stereocenters. The Hall–Kier alpha value is -0.260. The van der Waals surface area contributed by atoms with Crippen LogP contribution in [0.2, 0.25) is 4.34 Å². The summed E-state index contributed by atoms with van der Waals surface area (Å²) in [5.41, 5.74) is 0. The van der Waals surface area contributed by atoms with Gasteiger partial charge in [-0.25, -0.2) is 0 Å². The summed E-state index contributed by atoms with van der Waals surface area (Å²) in [5, 5.41) is 16.2. The van der Waals surface area contributed by atoms with Crippen LogP contribution in [0.4, 0.5) is 13.2 Å². The number of aliphatic hydroxyl groups excluding tert-OH is 1. The number of aliphatic imine (C=N–C) groups is 1. The molecule has 0 radical (unpaired) electrons. The van der Waals surface area contributed by atoms with Gasteiger partial charge < -0.3 is 15.7 Å². The summed E-state index contributed by atoms with van der Waals surface area (Å²) in [5.74, 6) is -0.836. The van der Waals surface area contributed by atoms with Crippen molar-refractivity contribution in [1.82, 2.24) is 10.6 Å². The highest BCUT2D eigenvalue weighted by Crippen LogP contribution is 2.37. The maximum Gasteiger partial charge on any atom is 0.391 e. The molecule has 0 amide bonds. The van der Waals surface area contributed by atoms with Crippen LogP contribution in [0.5, 0.6) is 0 Å². The third-order valence-electron chi connectivity index (χ3n) is 4.17. The van der Waals surface area contributed by atoms with Gasteiger partial charge in [-0.2, -0.15) is 13.2 Å². The Morgan fingerprint density at radius 3 is 2.73 bits per heavy atom. The van der Waals surface area contributed by atoms with Gasteiger partial charge in [0.2, 0.25) is 0 Å². The van der Waals surface area contributed by atoms with E-state index in [1.807, 2.05) is 6.92 Å². The van der Waals surface area contributed by atoms with Gasteiger partial charge in [-0.15, -0.1) is 35.3 Å². The lowest BCUT2D eigenvalue weighted by Crippen LogP contribution is -2.47. The van der Waals surface area contributed by atoms with Crippen LogP contribution in [0.25, 0.3) is 0 Å². The summed E-state index contributed by atoms with van der Waals surface area (Å²) in [6.45, 7) is 2.58. The maximum atomic E-state index is 12.9. The number of hydrogen-bond donors (Lipinski definition) is 3. The van der Waals surface area contributed by atoms with Gasteiger partial charge in [-0.1, -0.05) is 18.0 Å². The first-order chi connectivity index (χ1) is 11.8. The smallest absolute Gasteiger partial charge is 0.386 e. The summed E-state index contributed by atoms with van der Waals surface area (Å²) in [6, 6.07) is 3.17. The largest absolute Gasteiger partial charge is 0.391 e. The number of hydrogen-bond acceptors (Lipinski definition) is 3. The molecule has 0 saturated heterocycles. The van der Waals surface area contributed by atoms with Gasteiger partial charge in [0.05, 0.1) is 16.8 Å². The molecule has 1 fully saturated rings. The molecule has 0 bridgehead atoms. The first-order valence-electron chi connectivity index (χ1n) is 8.34. The van der Waals surface area contributed by atoms with Gasteiger partial charge in [0.1, 0.15) is 6.10 Å². The van der Waals surface area contributed by atoms with Crippen molar-refractivity contribution in [3.63, 3.8) is 0 Å². The van der Waals surface area contributed by atoms with Gasteiger partial charge in [0.25, 0.3) is 0 Å². The monoisotopic (exact) mass is 525 g/mol. The second-order valence-electron chi connectivity index (χ2n) is 6.12. The normalized spacial score (nSPS) is 22.5. The Morgan fingerprint density at radius 1 is 1.42 bits per heavy atom. The van der Waals surface area contributed by atoms with E-state index in [1.165, 1.54) is 11.3 Å². The molecule has 150 valence electrons. The van der Waals surface area contributed by atoms with Crippen LogP contribution in [0.1, 0.15) is 43.6 Å². The fraction of sp³-hybridized carbons (Fsp3) is 0.688. The molecular weight excluding hydrogens is 502 g/mol. The van der Waals surface area contributed by atoms with Crippen molar-refractivity contribution >= 4 is 52.9 Å². The molecule has 1 heterocycles. The molecular formula is C16H24ClF3IN3OS. The summed E-state index contributed by atoms with van der Waals surface area (Å²) in [6.07, 6.45) is -3.48. The molecule has 3 N–H and O–H groups in total. The van der Waals surface area contributed by atoms with Crippen LogP contribution >= 0.6 is 46.9 Å². The third-order valence-corrected chi connectivity index (χ3v) is 5.50. The molecule has 26 heavy (non-hydrogen) atoms. The maximum absolute atomic E-state index is 12.9. The van der Waals surface area contributed by atoms with E-state index in [0.29, 0.717) is 34.6 Å². The SMILES string of the molecule is CCNC(=NCC(O)c1ccc(Cl)s1)NC1CCCC(C(F)(F)F)C1.I. The Bertz CT molecular complexity index is 585. The second kappa shape index (κ2) is 10.9. The van der Waals surface area contributed by atoms with Crippen LogP contribution in [-0.2, 0) is 0 Å².